The van der Waals surface area contributed by atoms with E-state index in [1.807, 2.05) is 27.7 Å². The third kappa shape index (κ3) is 3.03. The number of hydrogen-bond donors (Lipinski definition) is 1. The van der Waals surface area contributed by atoms with Gasteiger partial charge in [0.05, 0.1) is 23.2 Å². The number of fused-ring (bicyclic) bond motifs is 7. The molecule has 9 atom stereocenters. The standard InChI is InChI=1S/C30H42O6/c1-15-18(31)12-23(27(4,5)35)36-20-13-28(6)21-10-9-16-17(11-19(32)25(34)26(16,2)3)30(21,8)22(33)14-29(28,7)24(15)20/h9,15,17,20-21,23-24,35H,10-14H2,1-8H3/t15-,17-,20+,21+,23+,24+,28+,29-,30+/m1/s1. The minimum absolute atomic E-state index is 0.0276. The lowest BCUT2D eigenvalue weighted by Gasteiger charge is -2.63. The predicted molar refractivity (Wildman–Crippen MR) is 134 cm³/mol. The van der Waals surface area contributed by atoms with Crippen molar-refractivity contribution in [1.82, 2.24) is 0 Å². The van der Waals surface area contributed by atoms with E-state index < -0.39 is 27.9 Å². The molecule has 0 unspecified atom stereocenters. The maximum Gasteiger partial charge on any atom is 0.207 e. The molecule has 4 fully saturated rings. The number of carbonyl (C=O) groups is 4. The summed E-state index contributed by atoms with van der Waals surface area (Å²) in [5.74, 6) is -1.19. The average Bonchev–Trinajstić information content (AvgIpc) is 2.88. The molecule has 0 aromatic carbocycles. The van der Waals surface area contributed by atoms with Crippen molar-refractivity contribution in [2.24, 2.45) is 45.3 Å². The molecule has 6 heteroatoms. The molecule has 0 amide bonds. The summed E-state index contributed by atoms with van der Waals surface area (Å²) in [4.78, 5) is 53.2. The van der Waals surface area contributed by atoms with Crippen molar-refractivity contribution in [1.29, 1.82) is 0 Å². The largest absolute Gasteiger partial charge is 0.388 e. The van der Waals surface area contributed by atoms with Gasteiger partial charge in [0.15, 0.2) is 5.78 Å². The van der Waals surface area contributed by atoms with Crippen LogP contribution < -0.4 is 0 Å². The number of ketones is 4. The normalized spacial score (nSPS) is 48.4. The first kappa shape index (κ1) is 26.0. The molecule has 1 saturated heterocycles. The number of carbonyl (C=O) groups excluding carboxylic acids is 4. The van der Waals surface area contributed by atoms with Crippen LogP contribution in [0.4, 0.5) is 0 Å². The summed E-state index contributed by atoms with van der Waals surface area (Å²) in [6.07, 6.45) is 3.31. The molecule has 0 aromatic rings. The molecular formula is C30H42O6. The predicted octanol–water partition coefficient (Wildman–Crippen LogP) is 4.26. The van der Waals surface area contributed by atoms with Crippen LogP contribution in [-0.4, -0.2) is 46.0 Å². The first-order valence-corrected chi connectivity index (χ1v) is 13.6. The Kier molecular flexibility index (Phi) is 5.39. The van der Waals surface area contributed by atoms with Gasteiger partial charge in [-0.25, -0.2) is 0 Å². The average molecular weight is 499 g/mol. The number of ether oxygens (including phenoxy) is 1. The summed E-state index contributed by atoms with van der Waals surface area (Å²) in [6.45, 7) is 15.5. The topological polar surface area (TPSA) is 97.7 Å². The molecule has 1 aliphatic heterocycles. The fourth-order valence-corrected chi connectivity index (χ4v) is 9.48. The second-order valence-corrected chi connectivity index (χ2v) is 14.3. The number of allylic oxidation sites excluding steroid dienone is 2. The van der Waals surface area contributed by atoms with E-state index in [0.29, 0.717) is 19.3 Å². The Morgan fingerprint density at radius 1 is 1.00 bits per heavy atom. The fourth-order valence-electron chi connectivity index (χ4n) is 9.48. The summed E-state index contributed by atoms with van der Waals surface area (Å²) in [7, 11) is 0. The molecule has 5 rings (SSSR count). The molecule has 0 aromatic heterocycles. The van der Waals surface area contributed by atoms with E-state index in [-0.39, 0.29) is 71.2 Å². The van der Waals surface area contributed by atoms with E-state index in [2.05, 4.69) is 19.9 Å². The zero-order valence-corrected chi connectivity index (χ0v) is 23.1. The van der Waals surface area contributed by atoms with Crippen LogP contribution in [0.1, 0.15) is 87.5 Å². The molecule has 0 bridgehead atoms. The third-order valence-electron chi connectivity index (χ3n) is 11.9. The smallest absolute Gasteiger partial charge is 0.207 e. The first-order valence-electron chi connectivity index (χ1n) is 13.6. The summed E-state index contributed by atoms with van der Waals surface area (Å²) in [5, 5.41) is 10.8. The molecule has 198 valence electrons. The van der Waals surface area contributed by atoms with Crippen LogP contribution in [0.2, 0.25) is 0 Å². The maximum atomic E-state index is 14.3. The van der Waals surface area contributed by atoms with E-state index in [1.165, 1.54) is 0 Å². The van der Waals surface area contributed by atoms with Gasteiger partial charge in [-0.2, -0.15) is 0 Å². The highest BCUT2D eigenvalue weighted by Crippen LogP contribution is 2.74. The minimum atomic E-state index is -1.15. The molecule has 5 aliphatic rings. The van der Waals surface area contributed by atoms with Gasteiger partial charge in [0.1, 0.15) is 11.6 Å². The van der Waals surface area contributed by atoms with Crippen molar-refractivity contribution in [2.75, 3.05) is 0 Å². The molecule has 3 saturated carbocycles. The van der Waals surface area contributed by atoms with Gasteiger partial charge < -0.3 is 9.84 Å². The van der Waals surface area contributed by atoms with Crippen molar-refractivity contribution >= 4 is 23.1 Å². The maximum absolute atomic E-state index is 14.3. The van der Waals surface area contributed by atoms with Crippen LogP contribution >= 0.6 is 0 Å². The summed E-state index contributed by atoms with van der Waals surface area (Å²) in [6, 6.07) is 0. The van der Waals surface area contributed by atoms with Gasteiger partial charge in [0.25, 0.3) is 0 Å². The third-order valence-corrected chi connectivity index (χ3v) is 11.9. The SMILES string of the molecule is C[C@@H]1C(=O)C[C@@H](C(C)(C)O)O[C@H]2C[C@@]3(C)[C@@H]4CC=C5[C@@H](CC(=O)C(=O)C5(C)C)[C@]4(C)C(=O)C[C@]3(C)[C@H]21. The van der Waals surface area contributed by atoms with Crippen LogP contribution in [-0.2, 0) is 23.9 Å². The van der Waals surface area contributed by atoms with Crippen LogP contribution in [0.3, 0.4) is 0 Å². The molecular weight excluding hydrogens is 456 g/mol. The van der Waals surface area contributed by atoms with Crippen molar-refractivity contribution in [3.05, 3.63) is 11.6 Å². The highest BCUT2D eigenvalue weighted by Gasteiger charge is 2.73. The lowest BCUT2D eigenvalue weighted by molar-refractivity contribution is -0.172. The van der Waals surface area contributed by atoms with Crippen molar-refractivity contribution in [2.45, 2.75) is 105 Å². The van der Waals surface area contributed by atoms with Crippen LogP contribution in [0.25, 0.3) is 0 Å². The van der Waals surface area contributed by atoms with Crippen LogP contribution in [0.15, 0.2) is 11.6 Å². The molecule has 0 radical (unpaired) electrons. The van der Waals surface area contributed by atoms with Crippen molar-refractivity contribution < 1.29 is 29.0 Å². The Morgan fingerprint density at radius 3 is 2.25 bits per heavy atom. The second kappa shape index (κ2) is 7.47. The van der Waals surface area contributed by atoms with Crippen molar-refractivity contribution in [3.8, 4) is 0 Å². The quantitative estimate of drug-likeness (QED) is 0.428. The van der Waals surface area contributed by atoms with E-state index in [9.17, 15) is 24.3 Å². The lowest BCUT2D eigenvalue weighted by atomic mass is 9.38. The van der Waals surface area contributed by atoms with Crippen molar-refractivity contribution in [3.63, 3.8) is 0 Å². The van der Waals surface area contributed by atoms with E-state index >= 15 is 0 Å². The number of hydrogen-bond acceptors (Lipinski definition) is 6. The van der Waals surface area contributed by atoms with Gasteiger partial charge in [-0.1, -0.05) is 39.3 Å². The zero-order chi connectivity index (χ0) is 26.8. The molecule has 0 spiro atoms. The summed E-state index contributed by atoms with van der Waals surface area (Å²) < 4.78 is 6.59. The van der Waals surface area contributed by atoms with Crippen LogP contribution in [0.5, 0.6) is 0 Å². The molecule has 4 aliphatic carbocycles. The molecule has 6 nitrogen and oxygen atoms in total. The summed E-state index contributed by atoms with van der Waals surface area (Å²) in [5.41, 5.74) is -2.59. The number of aliphatic hydroxyl groups is 1. The van der Waals surface area contributed by atoms with Gasteiger partial charge in [-0.05, 0) is 57.3 Å². The second-order valence-electron chi connectivity index (χ2n) is 14.3. The van der Waals surface area contributed by atoms with Gasteiger partial charge in [-0.3, -0.25) is 19.2 Å². The van der Waals surface area contributed by atoms with E-state index in [0.717, 1.165) is 5.57 Å². The van der Waals surface area contributed by atoms with Gasteiger partial charge in [0, 0.05) is 42.4 Å². The molecule has 36 heavy (non-hydrogen) atoms. The molecule has 1 heterocycles. The minimum Gasteiger partial charge on any atom is -0.388 e. The zero-order valence-electron chi connectivity index (χ0n) is 23.1. The highest BCUT2D eigenvalue weighted by atomic mass is 16.5. The Balaban J connectivity index is 1.62. The highest BCUT2D eigenvalue weighted by molar-refractivity contribution is 6.40. The van der Waals surface area contributed by atoms with E-state index in [4.69, 9.17) is 4.74 Å². The van der Waals surface area contributed by atoms with Gasteiger partial charge in [0.2, 0.25) is 5.78 Å². The Bertz CT molecular complexity index is 1090. The van der Waals surface area contributed by atoms with Gasteiger partial charge >= 0.3 is 0 Å². The Labute approximate surface area is 214 Å². The first-order chi connectivity index (χ1) is 16.4. The Morgan fingerprint density at radius 2 is 1.64 bits per heavy atom. The number of rotatable bonds is 1. The van der Waals surface area contributed by atoms with Gasteiger partial charge in [-0.15, -0.1) is 0 Å². The van der Waals surface area contributed by atoms with Crippen LogP contribution in [0, 0.1) is 45.3 Å². The molecule has 1 N–H and O–H groups in total. The lowest BCUT2D eigenvalue weighted by Crippen LogP contribution is -2.63. The monoisotopic (exact) mass is 498 g/mol. The fraction of sp³-hybridized carbons (Fsp3) is 0.800. The Hall–Kier alpha value is -1.66. The summed E-state index contributed by atoms with van der Waals surface area (Å²) >= 11 is 0. The van der Waals surface area contributed by atoms with E-state index in [1.54, 1.807) is 13.8 Å². The number of Topliss-reactive ketones (excluding diaryl/α,β-unsaturated/α-hetero) is 4.